The molecule has 3 rings (SSSR count). The number of rotatable bonds is 9. The van der Waals surface area contributed by atoms with Crippen LogP contribution in [0.1, 0.15) is 50.4 Å². The van der Waals surface area contributed by atoms with Crippen LogP contribution in [0.4, 0.5) is 0 Å². The second-order valence-electron chi connectivity index (χ2n) is 9.97. The van der Waals surface area contributed by atoms with Gasteiger partial charge in [-0.25, -0.2) is 0 Å². The fourth-order valence-electron chi connectivity index (χ4n) is 4.73. The van der Waals surface area contributed by atoms with Crippen molar-refractivity contribution < 1.29 is 28.5 Å². The van der Waals surface area contributed by atoms with Crippen LogP contribution in [0.25, 0.3) is 0 Å². The van der Waals surface area contributed by atoms with E-state index in [1.807, 2.05) is 58.0 Å². The number of carbonyl (C=O) groups excluding carboxylic acids is 1. The fraction of sp³-hybridized carbons (Fsp3) is 0.536. The number of fused-ring (bicyclic) bond motifs is 1. The minimum Gasteiger partial charge on any atom is -0.493 e. The highest BCUT2D eigenvalue weighted by atomic mass is 16.6. The molecule has 1 aliphatic heterocycles. The van der Waals surface area contributed by atoms with Gasteiger partial charge < -0.3 is 29.0 Å². The maximum atomic E-state index is 13.3. The summed E-state index contributed by atoms with van der Waals surface area (Å²) in [4.78, 5) is 13.3. The minimum absolute atomic E-state index is 0.0748. The summed E-state index contributed by atoms with van der Waals surface area (Å²) in [7, 11) is 6.53. The van der Waals surface area contributed by atoms with Gasteiger partial charge in [0.15, 0.2) is 23.0 Å². The molecule has 0 bridgehead atoms. The van der Waals surface area contributed by atoms with E-state index in [0.717, 1.165) is 24.1 Å². The Balaban J connectivity index is 2.05. The molecule has 0 saturated carbocycles. The number of nitrogens with one attached hydrogen (secondary N) is 1. The van der Waals surface area contributed by atoms with Gasteiger partial charge in [0.2, 0.25) is 0 Å². The molecule has 1 aliphatic rings. The van der Waals surface area contributed by atoms with E-state index in [-0.39, 0.29) is 23.8 Å². The number of hydrogen-bond donors (Lipinski definition) is 1. The molecule has 0 fully saturated rings. The first-order valence-corrected chi connectivity index (χ1v) is 12.0. The van der Waals surface area contributed by atoms with Crippen molar-refractivity contribution in [3.05, 3.63) is 47.0 Å². The van der Waals surface area contributed by atoms with Crippen LogP contribution in [0.2, 0.25) is 0 Å². The molecule has 1 heterocycles. The van der Waals surface area contributed by atoms with E-state index in [1.165, 1.54) is 5.56 Å². The predicted octanol–water partition coefficient (Wildman–Crippen LogP) is 4.74. The Hall–Kier alpha value is -2.93. The van der Waals surface area contributed by atoms with Gasteiger partial charge >= 0.3 is 5.97 Å². The zero-order valence-corrected chi connectivity index (χ0v) is 22.2. The second-order valence-corrected chi connectivity index (χ2v) is 9.97. The Morgan fingerprint density at radius 2 is 1.54 bits per heavy atom. The lowest BCUT2D eigenvalue weighted by Gasteiger charge is -2.37. The van der Waals surface area contributed by atoms with Crippen molar-refractivity contribution in [2.75, 3.05) is 35.0 Å². The lowest BCUT2D eigenvalue weighted by molar-refractivity contribution is -0.161. The standard InChI is InChI=1S/C28H39NO6/c1-17(27(30)35-28(2,3)4)20(13-18-9-10-22(31-5)23(14-18)32-6)26-21-16-25(34-8)24(33-7)15-19(21)11-12-29-26/h9-10,14-17,20,26,29H,11-13H2,1-8H3. The first-order chi connectivity index (χ1) is 16.6. The van der Waals surface area contributed by atoms with Crippen molar-refractivity contribution in [2.45, 2.75) is 52.2 Å². The molecule has 2 aromatic rings. The molecule has 0 aromatic heterocycles. The zero-order valence-electron chi connectivity index (χ0n) is 22.2. The van der Waals surface area contributed by atoms with E-state index < -0.39 is 5.60 Å². The van der Waals surface area contributed by atoms with Gasteiger partial charge in [0.05, 0.1) is 34.4 Å². The van der Waals surface area contributed by atoms with Crippen LogP contribution < -0.4 is 24.3 Å². The van der Waals surface area contributed by atoms with E-state index in [1.54, 1.807) is 28.4 Å². The lowest BCUT2D eigenvalue weighted by atomic mass is 9.76. The Bertz CT molecular complexity index is 1030. The van der Waals surface area contributed by atoms with Gasteiger partial charge in [0, 0.05) is 6.04 Å². The van der Waals surface area contributed by atoms with E-state index in [4.69, 9.17) is 23.7 Å². The number of methoxy groups -OCH3 is 4. The highest BCUT2D eigenvalue weighted by molar-refractivity contribution is 5.73. The van der Waals surface area contributed by atoms with Crippen LogP contribution in [0, 0.1) is 11.8 Å². The van der Waals surface area contributed by atoms with E-state index in [0.29, 0.717) is 29.4 Å². The zero-order chi connectivity index (χ0) is 25.8. The van der Waals surface area contributed by atoms with Crippen LogP contribution in [-0.4, -0.2) is 46.6 Å². The molecule has 7 heteroatoms. The van der Waals surface area contributed by atoms with Gasteiger partial charge in [-0.2, -0.15) is 0 Å². The van der Waals surface area contributed by atoms with E-state index in [9.17, 15) is 4.79 Å². The van der Waals surface area contributed by atoms with Gasteiger partial charge in [-0.1, -0.05) is 13.0 Å². The summed E-state index contributed by atoms with van der Waals surface area (Å²) in [6.45, 7) is 8.44. The van der Waals surface area contributed by atoms with Gasteiger partial charge in [-0.05, 0) is 87.0 Å². The van der Waals surface area contributed by atoms with Gasteiger partial charge in [-0.3, -0.25) is 4.79 Å². The molecule has 1 N–H and O–H groups in total. The summed E-state index contributed by atoms with van der Waals surface area (Å²) >= 11 is 0. The molecular formula is C28H39NO6. The number of esters is 1. The monoisotopic (exact) mass is 485 g/mol. The van der Waals surface area contributed by atoms with Crippen molar-refractivity contribution >= 4 is 5.97 Å². The Labute approximate surface area is 209 Å². The first kappa shape index (κ1) is 26.7. The molecular weight excluding hydrogens is 446 g/mol. The van der Waals surface area contributed by atoms with Crippen LogP contribution >= 0.6 is 0 Å². The Morgan fingerprint density at radius 3 is 2.14 bits per heavy atom. The summed E-state index contributed by atoms with van der Waals surface area (Å²) in [6.07, 6.45) is 1.52. The van der Waals surface area contributed by atoms with Crippen LogP contribution in [-0.2, 0) is 22.4 Å². The molecule has 0 saturated heterocycles. The number of hydrogen-bond acceptors (Lipinski definition) is 7. The summed E-state index contributed by atoms with van der Waals surface area (Å²) in [5.41, 5.74) is 2.81. The third-order valence-corrected chi connectivity index (χ3v) is 6.51. The highest BCUT2D eigenvalue weighted by Crippen LogP contribution is 2.41. The quantitative estimate of drug-likeness (QED) is 0.514. The number of ether oxygens (including phenoxy) is 5. The molecule has 2 aromatic carbocycles. The van der Waals surface area contributed by atoms with Crippen molar-refractivity contribution in [3.8, 4) is 23.0 Å². The second kappa shape index (κ2) is 11.2. The van der Waals surface area contributed by atoms with Crippen molar-refractivity contribution in [1.82, 2.24) is 5.32 Å². The largest absolute Gasteiger partial charge is 0.493 e. The molecule has 3 atom stereocenters. The van der Waals surface area contributed by atoms with Crippen molar-refractivity contribution in [2.24, 2.45) is 11.8 Å². The van der Waals surface area contributed by atoms with Gasteiger partial charge in [-0.15, -0.1) is 0 Å². The number of carbonyl (C=O) groups is 1. The normalized spacial score (nSPS) is 17.1. The molecule has 0 amide bonds. The molecule has 7 nitrogen and oxygen atoms in total. The van der Waals surface area contributed by atoms with Crippen LogP contribution in [0.15, 0.2) is 30.3 Å². The third kappa shape index (κ3) is 6.20. The van der Waals surface area contributed by atoms with E-state index in [2.05, 4.69) is 5.32 Å². The maximum Gasteiger partial charge on any atom is 0.309 e. The maximum absolute atomic E-state index is 13.3. The predicted molar refractivity (Wildman–Crippen MR) is 136 cm³/mol. The summed E-state index contributed by atoms with van der Waals surface area (Å²) in [6, 6.07) is 9.91. The van der Waals surface area contributed by atoms with Gasteiger partial charge in [0.1, 0.15) is 5.60 Å². The molecule has 192 valence electrons. The van der Waals surface area contributed by atoms with E-state index >= 15 is 0 Å². The van der Waals surface area contributed by atoms with Crippen molar-refractivity contribution in [1.29, 1.82) is 0 Å². The topological polar surface area (TPSA) is 75.3 Å². The third-order valence-electron chi connectivity index (χ3n) is 6.51. The molecule has 0 radical (unpaired) electrons. The average Bonchev–Trinajstić information content (AvgIpc) is 2.84. The minimum atomic E-state index is -0.562. The molecule has 35 heavy (non-hydrogen) atoms. The van der Waals surface area contributed by atoms with Crippen LogP contribution in [0.3, 0.4) is 0 Å². The van der Waals surface area contributed by atoms with Gasteiger partial charge in [0.25, 0.3) is 0 Å². The summed E-state index contributed by atoms with van der Waals surface area (Å²) in [5, 5.41) is 3.67. The molecule has 3 unspecified atom stereocenters. The van der Waals surface area contributed by atoms with Crippen molar-refractivity contribution in [3.63, 3.8) is 0 Å². The summed E-state index contributed by atoms with van der Waals surface area (Å²) in [5.74, 6) is 2.07. The highest BCUT2D eigenvalue weighted by Gasteiger charge is 2.37. The Morgan fingerprint density at radius 1 is 0.943 bits per heavy atom. The lowest BCUT2D eigenvalue weighted by Crippen LogP contribution is -2.41. The SMILES string of the molecule is COc1ccc(CC(C(C)C(=O)OC(C)(C)C)C2NCCc3cc(OC)c(OC)cc32)cc1OC. The molecule has 0 aliphatic carbocycles. The first-order valence-electron chi connectivity index (χ1n) is 12.0. The molecule has 0 spiro atoms. The summed E-state index contributed by atoms with van der Waals surface area (Å²) < 4.78 is 27.9. The average molecular weight is 486 g/mol. The smallest absolute Gasteiger partial charge is 0.309 e. The Kier molecular flexibility index (Phi) is 8.54. The fourth-order valence-corrected chi connectivity index (χ4v) is 4.73. The number of benzene rings is 2. The van der Waals surface area contributed by atoms with Crippen LogP contribution in [0.5, 0.6) is 23.0 Å².